The molecule has 1 atom stereocenters. The number of nitrogens with zero attached hydrogens (tertiary/aromatic N) is 4. The third-order valence-electron chi connectivity index (χ3n) is 4.45. The van der Waals surface area contributed by atoms with Gasteiger partial charge in [0.1, 0.15) is 5.60 Å². The van der Waals surface area contributed by atoms with Gasteiger partial charge in [-0.05, 0) is 56.8 Å². The van der Waals surface area contributed by atoms with E-state index in [1.165, 1.54) is 0 Å². The minimum Gasteiger partial charge on any atom is -0.383 e. The molecule has 9 heteroatoms. The van der Waals surface area contributed by atoms with Crippen LogP contribution in [0.25, 0.3) is 5.82 Å². The number of aryl methyl sites for hydroxylation is 2. The normalized spacial score (nSPS) is 13.4. The predicted molar refractivity (Wildman–Crippen MR) is 133 cm³/mol. The van der Waals surface area contributed by atoms with Gasteiger partial charge in [0.25, 0.3) is 0 Å². The van der Waals surface area contributed by atoms with Gasteiger partial charge < -0.3 is 15.7 Å². The van der Waals surface area contributed by atoms with Gasteiger partial charge in [0.05, 0.1) is 18.8 Å². The van der Waals surface area contributed by atoms with Crippen molar-refractivity contribution < 1.29 is 5.11 Å². The third-order valence-corrected chi connectivity index (χ3v) is 5.57. The molecule has 0 radical (unpaired) electrons. The number of aromatic nitrogens is 3. The Morgan fingerprint density at radius 1 is 1.27 bits per heavy atom. The second-order valence-corrected chi connectivity index (χ2v) is 8.11. The van der Waals surface area contributed by atoms with Crippen molar-refractivity contribution in [1.29, 1.82) is 0 Å². The maximum atomic E-state index is 10.7. The monoisotopic (exact) mass is 540 g/mol. The van der Waals surface area contributed by atoms with E-state index in [1.807, 2.05) is 67.4 Å². The van der Waals surface area contributed by atoms with Crippen LogP contribution in [0.4, 0.5) is 0 Å². The van der Waals surface area contributed by atoms with E-state index in [4.69, 9.17) is 0 Å². The molecule has 0 aliphatic carbocycles. The summed E-state index contributed by atoms with van der Waals surface area (Å²) in [5, 5.41) is 23.6. The summed E-state index contributed by atoms with van der Waals surface area (Å²) in [4.78, 5) is 10.1. The Labute approximate surface area is 198 Å². The Bertz CT molecular complexity index is 951. The molecule has 0 aromatic carbocycles. The summed E-state index contributed by atoms with van der Waals surface area (Å²) in [5.74, 6) is 1.45. The summed E-state index contributed by atoms with van der Waals surface area (Å²) in [7, 11) is 0. The Morgan fingerprint density at radius 2 is 2.07 bits per heavy atom. The van der Waals surface area contributed by atoms with Crippen molar-refractivity contribution in [2.75, 3.05) is 13.1 Å². The molecule has 0 bridgehead atoms. The van der Waals surface area contributed by atoms with Gasteiger partial charge in [-0.2, -0.15) is 5.10 Å². The predicted octanol–water partition coefficient (Wildman–Crippen LogP) is 3.53. The molecule has 0 fully saturated rings. The van der Waals surface area contributed by atoms with Crippen LogP contribution in [0, 0.1) is 13.8 Å². The lowest BCUT2D eigenvalue weighted by molar-refractivity contribution is 0.0655. The largest absolute Gasteiger partial charge is 0.383 e. The highest BCUT2D eigenvalue weighted by Gasteiger charge is 2.24. The fraction of sp³-hybridized carbons (Fsp3) is 0.381. The molecule has 30 heavy (non-hydrogen) atoms. The van der Waals surface area contributed by atoms with Gasteiger partial charge in [0.15, 0.2) is 11.8 Å². The SMILES string of the molecule is CCNC(=NCc1ccc(-n2nc(C)cc2C)nc1)NCC(C)(O)c1cccs1.I. The van der Waals surface area contributed by atoms with Crippen molar-refractivity contribution in [3.05, 3.63) is 63.7 Å². The first-order chi connectivity index (χ1) is 13.9. The fourth-order valence-electron chi connectivity index (χ4n) is 2.94. The van der Waals surface area contributed by atoms with Crippen LogP contribution in [0.15, 0.2) is 46.9 Å². The maximum Gasteiger partial charge on any atom is 0.191 e. The van der Waals surface area contributed by atoms with Gasteiger partial charge >= 0.3 is 0 Å². The number of pyridine rings is 1. The quantitative estimate of drug-likeness (QED) is 0.243. The first-order valence-corrected chi connectivity index (χ1v) is 10.5. The molecule has 0 saturated heterocycles. The number of aliphatic imine (C=N–C) groups is 1. The molecule has 3 aromatic heterocycles. The summed E-state index contributed by atoms with van der Waals surface area (Å²) in [6, 6.07) is 9.86. The van der Waals surface area contributed by atoms with E-state index in [2.05, 4.69) is 25.7 Å². The van der Waals surface area contributed by atoms with Crippen LogP contribution in [0.5, 0.6) is 0 Å². The van der Waals surface area contributed by atoms with Crippen molar-refractivity contribution >= 4 is 41.3 Å². The highest BCUT2D eigenvalue weighted by molar-refractivity contribution is 14.0. The number of halogens is 1. The van der Waals surface area contributed by atoms with Crippen LogP contribution in [0.1, 0.15) is 35.7 Å². The molecule has 3 aromatic rings. The molecule has 0 saturated carbocycles. The molecule has 3 N–H and O–H groups in total. The standard InChI is InChI=1S/C21H28N6OS.HI/c1-5-22-20(25-14-21(4,28)18-7-6-10-29-18)24-13-17-8-9-19(23-12-17)27-16(3)11-15(2)26-27;/h6-12,28H,5,13-14H2,1-4H3,(H2,22,24,25);1H. The smallest absolute Gasteiger partial charge is 0.191 e. The second kappa shape index (κ2) is 10.9. The molecule has 1 unspecified atom stereocenters. The van der Waals surface area contributed by atoms with Gasteiger partial charge in [-0.1, -0.05) is 12.1 Å². The van der Waals surface area contributed by atoms with Crippen LogP contribution in [-0.4, -0.2) is 38.9 Å². The van der Waals surface area contributed by atoms with Gasteiger partial charge in [0.2, 0.25) is 0 Å². The number of thiophene rings is 1. The number of guanidine groups is 1. The lowest BCUT2D eigenvalue weighted by Crippen LogP contribution is -2.44. The Hall–Kier alpha value is -1.98. The van der Waals surface area contributed by atoms with E-state index in [-0.39, 0.29) is 24.0 Å². The number of nitrogens with one attached hydrogen (secondary N) is 2. The third kappa shape index (κ3) is 6.26. The van der Waals surface area contributed by atoms with Crippen molar-refractivity contribution in [2.45, 2.75) is 39.8 Å². The van der Waals surface area contributed by atoms with Crippen molar-refractivity contribution in [2.24, 2.45) is 4.99 Å². The summed E-state index contributed by atoms with van der Waals surface area (Å²) in [6.45, 7) is 9.39. The van der Waals surface area contributed by atoms with E-state index in [1.54, 1.807) is 18.3 Å². The molecular formula is C21H29IN6OS. The molecule has 3 heterocycles. The van der Waals surface area contributed by atoms with Crippen LogP contribution in [0.2, 0.25) is 0 Å². The summed E-state index contributed by atoms with van der Waals surface area (Å²) >= 11 is 1.54. The number of aliphatic hydroxyl groups is 1. The van der Waals surface area contributed by atoms with Gasteiger partial charge in [0, 0.05) is 23.3 Å². The summed E-state index contributed by atoms with van der Waals surface area (Å²) in [6.07, 6.45) is 1.82. The zero-order valence-electron chi connectivity index (χ0n) is 17.7. The Kier molecular flexibility index (Phi) is 8.80. The topological polar surface area (TPSA) is 87.4 Å². The van der Waals surface area contributed by atoms with Crippen molar-refractivity contribution in [3.63, 3.8) is 0 Å². The van der Waals surface area contributed by atoms with Gasteiger partial charge in [-0.25, -0.2) is 14.7 Å². The van der Waals surface area contributed by atoms with Crippen molar-refractivity contribution in [1.82, 2.24) is 25.4 Å². The summed E-state index contributed by atoms with van der Waals surface area (Å²) < 4.78 is 1.83. The van der Waals surface area contributed by atoms with E-state index in [0.29, 0.717) is 19.0 Å². The first kappa shape index (κ1) is 24.3. The van der Waals surface area contributed by atoms with Crippen LogP contribution in [-0.2, 0) is 12.1 Å². The zero-order chi connectivity index (χ0) is 20.9. The molecule has 3 rings (SSSR count). The lowest BCUT2D eigenvalue weighted by Gasteiger charge is -2.23. The van der Waals surface area contributed by atoms with E-state index in [9.17, 15) is 5.11 Å². The maximum absolute atomic E-state index is 10.7. The molecule has 162 valence electrons. The second-order valence-electron chi connectivity index (χ2n) is 7.16. The Morgan fingerprint density at radius 3 is 2.63 bits per heavy atom. The highest BCUT2D eigenvalue weighted by Crippen LogP contribution is 2.24. The summed E-state index contributed by atoms with van der Waals surface area (Å²) in [5.41, 5.74) is 2.07. The minimum atomic E-state index is -0.951. The molecule has 0 aliphatic heterocycles. The van der Waals surface area contributed by atoms with Crippen LogP contribution < -0.4 is 10.6 Å². The zero-order valence-corrected chi connectivity index (χ0v) is 20.9. The Balaban J connectivity index is 0.00000320. The minimum absolute atomic E-state index is 0. The first-order valence-electron chi connectivity index (χ1n) is 9.66. The average molecular weight is 540 g/mol. The molecule has 0 spiro atoms. The van der Waals surface area contributed by atoms with Crippen molar-refractivity contribution in [3.8, 4) is 5.82 Å². The highest BCUT2D eigenvalue weighted by atomic mass is 127. The van der Waals surface area contributed by atoms with E-state index < -0.39 is 5.60 Å². The van der Waals surface area contributed by atoms with Gasteiger partial charge in [-0.3, -0.25) is 0 Å². The number of hydrogen-bond donors (Lipinski definition) is 3. The lowest BCUT2D eigenvalue weighted by atomic mass is 10.1. The van der Waals surface area contributed by atoms with Crippen LogP contribution >= 0.6 is 35.3 Å². The average Bonchev–Trinajstić information content (AvgIpc) is 3.35. The number of rotatable bonds is 7. The molecule has 7 nitrogen and oxygen atoms in total. The van der Waals surface area contributed by atoms with Gasteiger partial charge in [-0.15, -0.1) is 35.3 Å². The number of hydrogen-bond acceptors (Lipinski definition) is 5. The molecule has 0 aliphatic rings. The van der Waals surface area contributed by atoms with Crippen LogP contribution in [0.3, 0.4) is 0 Å². The fourth-order valence-corrected chi connectivity index (χ4v) is 3.72. The molecule has 0 amide bonds. The molecular weight excluding hydrogens is 511 g/mol. The van der Waals surface area contributed by atoms with E-state index in [0.717, 1.165) is 34.2 Å². The van der Waals surface area contributed by atoms with E-state index >= 15 is 0 Å².